The first kappa shape index (κ1) is 11.8. The molecule has 1 aromatic carbocycles. The zero-order valence-electron chi connectivity index (χ0n) is 9.90. The summed E-state index contributed by atoms with van der Waals surface area (Å²) in [5.41, 5.74) is 1.22. The summed E-state index contributed by atoms with van der Waals surface area (Å²) < 4.78 is 5.54. The molecule has 2 nitrogen and oxygen atoms in total. The van der Waals surface area contributed by atoms with Gasteiger partial charge in [0.2, 0.25) is 0 Å². The van der Waals surface area contributed by atoms with Gasteiger partial charge in [-0.3, -0.25) is 0 Å². The predicted molar refractivity (Wildman–Crippen MR) is 70.3 cm³/mol. The Morgan fingerprint density at radius 2 is 2.06 bits per heavy atom. The van der Waals surface area contributed by atoms with Crippen LogP contribution in [0.25, 0.3) is 0 Å². The summed E-state index contributed by atoms with van der Waals surface area (Å²) in [6.07, 6.45) is 4.69. The van der Waals surface area contributed by atoms with Gasteiger partial charge < -0.3 is 10.1 Å². The molecule has 1 aliphatic rings. The van der Waals surface area contributed by atoms with Crippen molar-refractivity contribution in [3.05, 3.63) is 24.3 Å². The molecule has 3 heteroatoms. The Kier molecular flexibility index (Phi) is 4.13. The van der Waals surface area contributed by atoms with Crippen molar-refractivity contribution >= 4 is 17.4 Å². The third kappa shape index (κ3) is 3.16. The summed E-state index contributed by atoms with van der Waals surface area (Å²) in [5, 5.41) is 3.57. The molecule has 16 heavy (non-hydrogen) atoms. The number of nitrogens with one attached hydrogen (secondary N) is 1. The maximum absolute atomic E-state index is 5.54. The lowest BCUT2D eigenvalue weighted by atomic mass is 10.0. The summed E-state index contributed by atoms with van der Waals surface area (Å²) >= 11 is 1.78. The van der Waals surface area contributed by atoms with E-state index in [9.17, 15) is 0 Å². The first-order valence-electron chi connectivity index (χ1n) is 5.80. The molecule has 0 spiro atoms. The summed E-state index contributed by atoms with van der Waals surface area (Å²) in [4.78, 5) is 1.31. The number of benzene rings is 1. The molecule has 1 heterocycles. The molecule has 88 valence electrons. The lowest BCUT2D eigenvalue weighted by molar-refractivity contribution is 0.0232. The fourth-order valence-corrected chi connectivity index (χ4v) is 2.46. The molecular weight excluding hydrogens is 218 g/mol. The molecule has 0 aromatic heterocycles. The number of hydrogen-bond acceptors (Lipinski definition) is 3. The minimum absolute atomic E-state index is 0.386. The maximum atomic E-state index is 5.54. The fraction of sp³-hybridized carbons (Fsp3) is 0.538. The third-order valence-electron chi connectivity index (χ3n) is 2.95. The quantitative estimate of drug-likeness (QED) is 0.814. The molecule has 2 unspecified atom stereocenters. The number of ether oxygens (including phenoxy) is 1. The lowest BCUT2D eigenvalue weighted by Crippen LogP contribution is -2.32. The summed E-state index contributed by atoms with van der Waals surface area (Å²) in [6.45, 7) is 3.02. The molecular formula is C13H19NOS. The Bertz CT molecular complexity index is 325. The van der Waals surface area contributed by atoms with Crippen molar-refractivity contribution < 1.29 is 4.74 Å². The van der Waals surface area contributed by atoms with Crippen LogP contribution in [0.15, 0.2) is 29.2 Å². The van der Waals surface area contributed by atoms with Gasteiger partial charge in [-0.2, -0.15) is 0 Å². The predicted octanol–water partition coefficient (Wildman–Crippen LogP) is 3.39. The standard InChI is InChI=1S/C13H19NOS/c1-10-9-12(7-8-15-10)14-11-3-5-13(16-2)6-4-11/h3-6,10,12,14H,7-9H2,1-2H3. The van der Waals surface area contributed by atoms with E-state index in [2.05, 4.69) is 42.8 Å². The number of anilines is 1. The second kappa shape index (κ2) is 5.60. The van der Waals surface area contributed by atoms with Crippen LogP contribution in [0.1, 0.15) is 19.8 Å². The molecule has 1 fully saturated rings. The smallest absolute Gasteiger partial charge is 0.0566 e. The van der Waals surface area contributed by atoms with Crippen molar-refractivity contribution in [1.82, 2.24) is 0 Å². The normalized spacial score (nSPS) is 25.4. The van der Waals surface area contributed by atoms with E-state index in [1.54, 1.807) is 11.8 Å². The Balaban J connectivity index is 1.92. The lowest BCUT2D eigenvalue weighted by Gasteiger charge is -2.28. The summed E-state index contributed by atoms with van der Waals surface area (Å²) in [5.74, 6) is 0. The van der Waals surface area contributed by atoms with Gasteiger partial charge in [0.15, 0.2) is 0 Å². The van der Waals surface area contributed by atoms with Gasteiger partial charge in [-0.05, 0) is 50.3 Å². The molecule has 2 rings (SSSR count). The monoisotopic (exact) mass is 237 g/mol. The molecule has 1 saturated heterocycles. The zero-order chi connectivity index (χ0) is 11.4. The largest absolute Gasteiger partial charge is 0.382 e. The Morgan fingerprint density at radius 3 is 2.69 bits per heavy atom. The van der Waals surface area contributed by atoms with Gasteiger partial charge >= 0.3 is 0 Å². The molecule has 1 N–H and O–H groups in total. The number of rotatable bonds is 3. The highest BCUT2D eigenvalue weighted by molar-refractivity contribution is 7.98. The van der Waals surface area contributed by atoms with Crippen LogP contribution in [-0.4, -0.2) is 25.0 Å². The first-order valence-corrected chi connectivity index (χ1v) is 7.02. The van der Waals surface area contributed by atoms with Gasteiger partial charge in [0.05, 0.1) is 6.10 Å². The highest BCUT2D eigenvalue weighted by Gasteiger charge is 2.18. The van der Waals surface area contributed by atoms with Gasteiger partial charge in [-0.15, -0.1) is 11.8 Å². The van der Waals surface area contributed by atoms with Crippen molar-refractivity contribution in [2.75, 3.05) is 18.2 Å². The van der Waals surface area contributed by atoms with E-state index >= 15 is 0 Å². The molecule has 0 aliphatic carbocycles. The minimum atomic E-state index is 0.386. The second-order valence-corrected chi connectivity index (χ2v) is 5.16. The Hall–Kier alpha value is -0.670. The van der Waals surface area contributed by atoms with E-state index in [4.69, 9.17) is 4.74 Å². The molecule has 1 aliphatic heterocycles. The van der Waals surface area contributed by atoms with E-state index in [1.807, 2.05) is 0 Å². The van der Waals surface area contributed by atoms with Crippen molar-refractivity contribution in [2.24, 2.45) is 0 Å². The SMILES string of the molecule is CSc1ccc(NC2CCOC(C)C2)cc1. The van der Waals surface area contributed by atoms with E-state index in [0.29, 0.717) is 12.1 Å². The molecule has 0 saturated carbocycles. The van der Waals surface area contributed by atoms with Crippen molar-refractivity contribution in [2.45, 2.75) is 36.8 Å². The van der Waals surface area contributed by atoms with Crippen LogP contribution >= 0.6 is 11.8 Å². The van der Waals surface area contributed by atoms with Crippen LogP contribution in [0.3, 0.4) is 0 Å². The van der Waals surface area contributed by atoms with Crippen LogP contribution in [-0.2, 0) is 4.74 Å². The van der Waals surface area contributed by atoms with Gasteiger partial charge in [0.25, 0.3) is 0 Å². The van der Waals surface area contributed by atoms with Crippen LogP contribution in [0.2, 0.25) is 0 Å². The van der Waals surface area contributed by atoms with Crippen LogP contribution < -0.4 is 5.32 Å². The number of hydrogen-bond donors (Lipinski definition) is 1. The number of thioether (sulfide) groups is 1. The van der Waals surface area contributed by atoms with Crippen molar-refractivity contribution in [1.29, 1.82) is 0 Å². The van der Waals surface area contributed by atoms with Gasteiger partial charge in [0.1, 0.15) is 0 Å². The van der Waals surface area contributed by atoms with Gasteiger partial charge in [0, 0.05) is 23.2 Å². The fourth-order valence-electron chi connectivity index (χ4n) is 2.05. The molecule has 0 bridgehead atoms. The second-order valence-electron chi connectivity index (χ2n) is 4.28. The zero-order valence-corrected chi connectivity index (χ0v) is 10.7. The topological polar surface area (TPSA) is 21.3 Å². The van der Waals surface area contributed by atoms with Crippen LogP contribution in [0.4, 0.5) is 5.69 Å². The summed E-state index contributed by atoms with van der Waals surface area (Å²) in [6, 6.07) is 9.20. The Morgan fingerprint density at radius 1 is 1.31 bits per heavy atom. The van der Waals surface area contributed by atoms with E-state index < -0.39 is 0 Å². The highest BCUT2D eigenvalue weighted by Crippen LogP contribution is 2.21. The highest BCUT2D eigenvalue weighted by atomic mass is 32.2. The van der Waals surface area contributed by atoms with Crippen molar-refractivity contribution in [3.63, 3.8) is 0 Å². The molecule has 1 aromatic rings. The Labute approximate surface area is 102 Å². The molecule has 2 atom stereocenters. The van der Waals surface area contributed by atoms with Crippen LogP contribution in [0.5, 0.6) is 0 Å². The van der Waals surface area contributed by atoms with Crippen LogP contribution in [0, 0.1) is 0 Å². The van der Waals surface area contributed by atoms with Gasteiger partial charge in [-0.25, -0.2) is 0 Å². The minimum Gasteiger partial charge on any atom is -0.382 e. The average Bonchev–Trinajstić information content (AvgIpc) is 2.30. The third-order valence-corrected chi connectivity index (χ3v) is 3.69. The van der Waals surface area contributed by atoms with E-state index in [1.165, 1.54) is 10.6 Å². The van der Waals surface area contributed by atoms with Gasteiger partial charge in [-0.1, -0.05) is 0 Å². The molecule has 0 radical (unpaired) electrons. The van der Waals surface area contributed by atoms with Crippen molar-refractivity contribution in [3.8, 4) is 0 Å². The average molecular weight is 237 g/mol. The van der Waals surface area contributed by atoms with E-state index in [-0.39, 0.29) is 0 Å². The van der Waals surface area contributed by atoms with E-state index in [0.717, 1.165) is 19.4 Å². The maximum Gasteiger partial charge on any atom is 0.0566 e. The first-order chi connectivity index (χ1) is 7.78. The summed E-state index contributed by atoms with van der Waals surface area (Å²) in [7, 11) is 0. The molecule has 0 amide bonds.